The maximum Gasteiger partial charge on any atom is 0.438 e. The largest absolute Gasteiger partial charge is 0.494 e. The number of ether oxygens (including phenoxy) is 3. The Hall–Kier alpha value is -4.96. The Labute approximate surface area is 351 Å². The van der Waals surface area contributed by atoms with Gasteiger partial charge in [0.2, 0.25) is 39.0 Å². The SMILES string of the molecule is CC[C@@H]1C[C@H](C)CC/C=C\C2C[C@@]2(C(=O)NS(=O)(=O)C2CC2)NC(=O)[C@@H]2C[C@@H](Oc3nc4cc(OC)c(F)cc4nc3C(F)(F)F)CN2C(=O)[C@H]1NC(=O)OC(C)(C)C(F)(F)F. The second kappa shape index (κ2) is 17.0. The lowest BCUT2D eigenvalue weighted by atomic mass is 9.85. The molecule has 0 radical (unpaired) electrons. The second-order valence-electron chi connectivity index (χ2n) is 16.8. The normalized spacial score (nSPS) is 28.1. The van der Waals surface area contributed by atoms with Crippen LogP contribution in [0.25, 0.3) is 11.0 Å². The molecule has 1 saturated heterocycles. The summed E-state index contributed by atoms with van der Waals surface area (Å²) < 4.78 is 142. The molecule has 2 aliphatic carbocycles. The van der Waals surface area contributed by atoms with Crippen molar-refractivity contribution in [3.05, 3.63) is 35.8 Å². The summed E-state index contributed by atoms with van der Waals surface area (Å²) in [5.41, 5.74) is -7.30. The molecule has 15 nitrogen and oxygen atoms in total. The summed E-state index contributed by atoms with van der Waals surface area (Å²) in [4.78, 5) is 64.6. The van der Waals surface area contributed by atoms with Crippen molar-refractivity contribution >= 4 is 44.9 Å². The summed E-state index contributed by atoms with van der Waals surface area (Å²) in [7, 11) is -3.00. The number of amides is 4. The lowest BCUT2D eigenvalue weighted by molar-refractivity contribution is -0.244. The molecule has 2 aliphatic heterocycles. The number of alkyl halides is 6. The van der Waals surface area contributed by atoms with Crippen LogP contribution in [0.15, 0.2) is 24.3 Å². The molecular formula is C39H47F7N6O9S. The molecule has 342 valence electrons. The van der Waals surface area contributed by atoms with Gasteiger partial charge >= 0.3 is 18.4 Å². The number of halogens is 7. The number of benzene rings is 1. The molecule has 7 atom stereocenters. The van der Waals surface area contributed by atoms with Gasteiger partial charge in [0.15, 0.2) is 11.6 Å². The third-order valence-corrected chi connectivity index (χ3v) is 13.5. The molecule has 1 unspecified atom stereocenters. The standard InChI is InChI=1S/C39H47F7N6O9S/c1-6-20-13-19(2)9-7-8-10-21-17-37(21,34(55)51-62(57,58)23-11-12-23)50-31(53)27-14-22(18-52(27)33(54)29(20)49-35(56)61-36(3,4)39(44,45)46)60-32-30(38(41,42)43)47-25-15-24(40)28(59-5)16-26(25)48-32/h8,10,15-16,19-23,27,29H,6-7,9,11-14,17-18H2,1-5H3,(H,49,56)(H,50,53)(H,51,55)/b10-8-/t19-,20-,21?,22-,27+,29+,37-/m1/s1. The summed E-state index contributed by atoms with van der Waals surface area (Å²) in [5, 5.41) is 4.06. The first-order valence-electron chi connectivity index (χ1n) is 20.0. The predicted molar refractivity (Wildman–Crippen MR) is 204 cm³/mol. The number of sulfonamides is 1. The van der Waals surface area contributed by atoms with Gasteiger partial charge in [-0.2, -0.15) is 26.3 Å². The van der Waals surface area contributed by atoms with Gasteiger partial charge < -0.3 is 29.7 Å². The number of carbonyl (C=O) groups excluding carboxylic acids is 4. The number of aromatic nitrogens is 2. The van der Waals surface area contributed by atoms with Crippen LogP contribution in [-0.4, -0.2) is 102 Å². The first-order valence-corrected chi connectivity index (χ1v) is 21.5. The number of alkyl carbamates (subject to hydrolysis) is 1. The first-order chi connectivity index (χ1) is 28.8. The number of carbonyl (C=O) groups is 4. The fraction of sp³-hybridized carbons (Fsp3) is 0.641. The van der Waals surface area contributed by atoms with Gasteiger partial charge in [0, 0.05) is 24.5 Å². The zero-order chi connectivity index (χ0) is 45.7. The topological polar surface area (TPSA) is 195 Å². The number of nitrogens with zero attached hydrogens (tertiary/aromatic N) is 3. The van der Waals surface area contributed by atoms with Gasteiger partial charge in [-0.15, -0.1) is 0 Å². The van der Waals surface area contributed by atoms with E-state index in [0.717, 1.165) is 18.1 Å². The number of allylic oxidation sites excluding steroid dienone is 1. The monoisotopic (exact) mass is 908 g/mol. The Bertz CT molecular complexity index is 2240. The van der Waals surface area contributed by atoms with Crippen LogP contribution in [0.3, 0.4) is 0 Å². The van der Waals surface area contributed by atoms with Crippen LogP contribution < -0.4 is 24.8 Å². The van der Waals surface area contributed by atoms with Crippen molar-refractivity contribution in [2.75, 3.05) is 13.7 Å². The van der Waals surface area contributed by atoms with E-state index in [0.29, 0.717) is 45.6 Å². The van der Waals surface area contributed by atoms with E-state index in [-0.39, 0.29) is 36.4 Å². The van der Waals surface area contributed by atoms with Crippen molar-refractivity contribution in [3.63, 3.8) is 0 Å². The Morgan fingerprint density at radius 1 is 1.03 bits per heavy atom. The second-order valence-corrected chi connectivity index (χ2v) is 18.8. The molecule has 4 amide bonds. The van der Waals surface area contributed by atoms with Crippen molar-refractivity contribution in [2.24, 2.45) is 17.8 Å². The molecule has 0 spiro atoms. The lowest BCUT2D eigenvalue weighted by Crippen LogP contribution is -2.59. The zero-order valence-electron chi connectivity index (χ0n) is 34.3. The molecule has 0 bridgehead atoms. The molecule has 62 heavy (non-hydrogen) atoms. The molecule has 2 aromatic rings. The minimum Gasteiger partial charge on any atom is -0.494 e. The van der Waals surface area contributed by atoms with E-state index >= 15 is 0 Å². The number of hydrogen-bond donors (Lipinski definition) is 3. The lowest BCUT2D eigenvalue weighted by Gasteiger charge is -2.35. The van der Waals surface area contributed by atoms with E-state index < -0.39 is 128 Å². The van der Waals surface area contributed by atoms with E-state index in [9.17, 15) is 58.3 Å². The molecule has 2 saturated carbocycles. The van der Waals surface area contributed by atoms with Crippen molar-refractivity contribution in [1.29, 1.82) is 0 Å². The Morgan fingerprint density at radius 2 is 1.71 bits per heavy atom. The van der Waals surface area contributed by atoms with E-state index in [4.69, 9.17) is 14.2 Å². The smallest absolute Gasteiger partial charge is 0.438 e. The number of rotatable bonds is 9. The van der Waals surface area contributed by atoms with E-state index in [1.165, 1.54) is 0 Å². The molecule has 1 aromatic carbocycles. The fourth-order valence-corrected chi connectivity index (χ4v) is 9.15. The highest BCUT2D eigenvalue weighted by Crippen LogP contribution is 2.46. The van der Waals surface area contributed by atoms with Crippen LogP contribution in [0.1, 0.15) is 84.8 Å². The maximum absolute atomic E-state index is 14.8. The van der Waals surface area contributed by atoms with Gasteiger partial charge in [-0.1, -0.05) is 32.4 Å². The molecule has 3 N–H and O–H groups in total. The van der Waals surface area contributed by atoms with Gasteiger partial charge in [0.1, 0.15) is 23.7 Å². The van der Waals surface area contributed by atoms with Crippen molar-refractivity contribution in [3.8, 4) is 11.6 Å². The van der Waals surface area contributed by atoms with E-state index in [1.807, 2.05) is 6.92 Å². The van der Waals surface area contributed by atoms with E-state index in [2.05, 4.69) is 25.3 Å². The van der Waals surface area contributed by atoms with Crippen LogP contribution >= 0.6 is 0 Å². The molecule has 3 heterocycles. The Kier molecular flexibility index (Phi) is 12.7. The number of nitrogens with one attached hydrogen (secondary N) is 3. The van der Waals surface area contributed by atoms with Gasteiger partial charge in [-0.05, 0) is 64.2 Å². The van der Waals surface area contributed by atoms with Crippen LogP contribution in [0.5, 0.6) is 11.6 Å². The van der Waals surface area contributed by atoms with E-state index in [1.54, 1.807) is 19.1 Å². The average Bonchev–Trinajstić information content (AvgIpc) is 4.09. The quantitative estimate of drug-likeness (QED) is 0.214. The highest BCUT2D eigenvalue weighted by atomic mass is 32.2. The molecular weight excluding hydrogens is 862 g/mol. The first kappa shape index (κ1) is 46.5. The molecule has 1 aromatic heterocycles. The summed E-state index contributed by atoms with van der Waals surface area (Å²) in [6.07, 6.45) is -8.54. The minimum absolute atomic E-state index is 0.0496. The van der Waals surface area contributed by atoms with Crippen molar-refractivity contribution in [2.45, 2.75) is 126 Å². The third kappa shape index (κ3) is 9.80. The highest BCUT2D eigenvalue weighted by molar-refractivity contribution is 7.91. The Morgan fingerprint density at radius 3 is 2.32 bits per heavy atom. The van der Waals surface area contributed by atoms with Gasteiger partial charge in [0.25, 0.3) is 5.91 Å². The maximum atomic E-state index is 14.8. The van der Waals surface area contributed by atoms with Crippen LogP contribution in [0, 0.1) is 23.6 Å². The molecule has 6 rings (SSSR count). The van der Waals surface area contributed by atoms with Gasteiger partial charge in [0.05, 0.1) is 29.9 Å². The predicted octanol–water partition coefficient (Wildman–Crippen LogP) is 5.47. The summed E-state index contributed by atoms with van der Waals surface area (Å²) in [6, 6.07) is -1.67. The highest BCUT2D eigenvalue weighted by Gasteiger charge is 2.62. The summed E-state index contributed by atoms with van der Waals surface area (Å²) >= 11 is 0. The van der Waals surface area contributed by atoms with Crippen LogP contribution in [0.4, 0.5) is 35.5 Å². The van der Waals surface area contributed by atoms with Crippen LogP contribution in [0.2, 0.25) is 0 Å². The molecule has 3 fully saturated rings. The van der Waals surface area contributed by atoms with Crippen molar-refractivity contribution < 1.29 is 72.5 Å². The summed E-state index contributed by atoms with van der Waals surface area (Å²) in [6.45, 7) is 4.06. The molecule has 4 aliphatic rings. The fourth-order valence-electron chi connectivity index (χ4n) is 7.79. The summed E-state index contributed by atoms with van der Waals surface area (Å²) in [5.74, 6) is -7.29. The van der Waals surface area contributed by atoms with Gasteiger partial charge in [-0.3, -0.25) is 19.1 Å². The van der Waals surface area contributed by atoms with Crippen molar-refractivity contribution in [1.82, 2.24) is 30.2 Å². The average molecular weight is 909 g/mol. The van der Waals surface area contributed by atoms with Gasteiger partial charge in [-0.25, -0.2) is 27.6 Å². The number of fused-ring (bicyclic) bond motifs is 3. The number of methoxy groups -OCH3 is 1. The van der Waals surface area contributed by atoms with Crippen LogP contribution in [-0.2, 0) is 35.3 Å². The minimum atomic E-state index is -5.22. The third-order valence-electron chi connectivity index (χ3n) is 11.7. The number of hydrogen-bond acceptors (Lipinski definition) is 11. The zero-order valence-corrected chi connectivity index (χ0v) is 35.1. The Balaban J connectivity index is 1.41. The molecule has 23 heteroatoms.